The zero-order valence-corrected chi connectivity index (χ0v) is 17.5. The molecule has 3 aromatic rings. The van der Waals surface area contributed by atoms with Crippen molar-refractivity contribution in [3.8, 4) is 17.1 Å². The Labute approximate surface area is 182 Å². The fourth-order valence-corrected chi connectivity index (χ4v) is 3.77. The van der Waals surface area contributed by atoms with Gasteiger partial charge in [-0.2, -0.15) is 0 Å². The van der Waals surface area contributed by atoms with E-state index in [1.54, 1.807) is 4.68 Å². The zero-order chi connectivity index (χ0) is 21.5. The molecule has 160 valence electrons. The largest absolute Gasteiger partial charge is 0.349 e. The number of hydrogen-bond acceptors (Lipinski definition) is 4. The first kappa shape index (κ1) is 20.8. The number of amides is 2. The number of nitrogens with one attached hydrogen (secondary N) is 1. The van der Waals surface area contributed by atoms with E-state index in [1.807, 2.05) is 65.6 Å². The molecule has 0 bridgehead atoms. The molecule has 0 spiro atoms. The highest BCUT2D eigenvalue weighted by molar-refractivity contribution is 5.91. The molecule has 2 aromatic carbocycles. The summed E-state index contributed by atoms with van der Waals surface area (Å²) < 4.78 is 1.67. The van der Waals surface area contributed by atoms with Crippen LogP contribution in [0.25, 0.3) is 17.1 Å². The van der Waals surface area contributed by atoms with E-state index < -0.39 is 0 Å². The van der Waals surface area contributed by atoms with Gasteiger partial charge < -0.3 is 10.2 Å². The first-order chi connectivity index (χ1) is 15.2. The molecule has 0 unspecified atom stereocenters. The van der Waals surface area contributed by atoms with E-state index in [-0.39, 0.29) is 30.6 Å². The molecule has 0 aliphatic carbocycles. The molecular formula is C24H27N5O2. The molecule has 1 N–H and O–H groups in total. The van der Waals surface area contributed by atoms with Crippen molar-refractivity contribution >= 4 is 11.8 Å². The van der Waals surface area contributed by atoms with Gasteiger partial charge in [0, 0.05) is 31.6 Å². The molecule has 2 heterocycles. The van der Waals surface area contributed by atoms with Crippen molar-refractivity contribution in [3.63, 3.8) is 0 Å². The zero-order valence-electron chi connectivity index (χ0n) is 17.5. The SMILES string of the molecule is O=C(NCCC(=O)N1CCCCCC1)c1nc(-c2ccccc2)n(-c2ccccc2)n1. The molecule has 0 saturated carbocycles. The van der Waals surface area contributed by atoms with Gasteiger partial charge in [0.2, 0.25) is 11.7 Å². The van der Waals surface area contributed by atoms with Gasteiger partial charge in [0.1, 0.15) is 0 Å². The molecule has 31 heavy (non-hydrogen) atoms. The molecular weight excluding hydrogens is 390 g/mol. The molecule has 4 rings (SSSR count). The van der Waals surface area contributed by atoms with Crippen molar-refractivity contribution in [2.75, 3.05) is 19.6 Å². The summed E-state index contributed by atoms with van der Waals surface area (Å²) in [6.45, 7) is 1.90. The number of carbonyl (C=O) groups excluding carboxylic acids is 2. The molecule has 2 amide bonds. The number of aromatic nitrogens is 3. The van der Waals surface area contributed by atoms with Gasteiger partial charge in [-0.25, -0.2) is 9.67 Å². The first-order valence-corrected chi connectivity index (χ1v) is 10.9. The summed E-state index contributed by atoms with van der Waals surface area (Å²) in [6, 6.07) is 19.3. The highest BCUT2D eigenvalue weighted by atomic mass is 16.2. The van der Waals surface area contributed by atoms with Gasteiger partial charge in [-0.05, 0) is 25.0 Å². The van der Waals surface area contributed by atoms with Crippen LogP contribution >= 0.6 is 0 Å². The Bertz CT molecular complexity index is 952. The number of para-hydroxylation sites is 1. The van der Waals surface area contributed by atoms with E-state index in [9.17, 15) is 9.59 Å². The molecule has 1 aromatic heterocycles. The Morgan fingerprint density at radius 2 is 1.52 bits per heavy atom. The molecule has 7 heteroatoms. The van der Waals surface area contributed by atoms with E-state index in [2.05, 4.69) is 15.4 Å². The number of carbonyl (C=O) groups is 2. The normalized spacial score (nSPS) is 14.1. The summed E-state index contributed by atoms with van der Waals surface area (Å²) in [5.41, 5.74) is 1.69. The van der Waals surface area contributed by atoms with Crippen LogP contribution in [0.4, 0.5) is 0 Å². The Balaban J connectivity index is 1.46. The minimum Gasteiger partial charge on any atom is -0.349 e. The summed E-state index contributed by atoms with van der Waals surface area (Å²) in [6.07, 6.45) is 4.76. The maximum Gasteiger partial charge on any atom is 0.291 e. The summed E-state index contributed by atoms with van der Waals surface area (Å²) in [4.78, 5) is 31.6. The van der Waals surface area contributed by atoms with Crippen LogP contribution in [0.3, 0.4) is 0 Å². The van der Waals surface area contributed by atoms with E-state index in [4.69, 9.17) is 0 Å². The number of benzene rings is 2. The Morgan fingerprint density at radius 1 is 0.871 bits per heavy atom. The minimum absolute atomic E-state index is 0.0879. The molecule has 1 aliphatic rings. The molecule has 1 aliphatic heterocycles. The number of hydrogen-bond donors (Lipinski definition) is 1. The molecule has 1 fully saturated rings. The smallest absolute Gasteiger partial charge is 0.291 e. The van der Waals surface area contributed by atoms with Gasteiger partial charge in [0.15, 0.2) is 5.82 Å². The van der Waals surface area contributed by atoms with Crippen LogP contribution < -0.4 is 5.32 Å². The molecule has 0 radical (unpaired) electrons. The molecule has 1 saturated heterocycles. The Hall–Kier alpha value is -3.48. The van der Waals surface area contributed by atoms with Crippen molar-refractivity contribution in [2.45, 2.75) is 32.1 Å². The van der Waals surface area contributed by atoms with Gasteiger partial charge in [0.05, 0.1) is 5.69 Å². The lowest BCUT2D eigenvalue weighted by Crippen LogP contribution is -2.35. The summed E-state index contributed by atoms with van der Waals surface area (Å²) in [7, 11) is 0. The van der Waals surface area contributed by atoms with E-state index in [0.29, 0.717) is 5.82 Å². The molecule has 0 atom stereocenters. The summed E-state index contributed by atoms with van der Waals surface area (Å²) in [5.74, 6) is 0.396. The van der Waals surface area contributed by atoms with Crippen molar-refractivity contribution in [1.82, 2.24) is 25.0 Å². The van der Waals surface area contributed by atoms with Crippen molar-refractivity contribution in [2.24, 2.45) is 0 Å². The van der Waals surface area contributed by atoms with Crippen LogP contribution in [0.5, 0.6) is 0 Å². The third kappa shape index (κ3) is 5.17. The lowest BCUT2D eigenvalue weighted by atomic mass is 10.2. The lowest BCUT2D eigenvalue weighted by molar-refractivity contribution is -0.131. The van der Waals surface area contributed by atoms with Crippen molar-refractivity contribution in [3.05, 3.63) is 66.5 Å². The third-order valence-corrected chi connectivity index (χ3v) is 5.43. The summed E-state index contributed by atoms with van der Waals surface area (Å²) in [5, 5.41) is 7.26. The van der Waals surface area contributed by atoms with Crippen LogP contribution in [0.15, 0.2) is 60.7 Å². The van der Waals surface area contributed by atoms with Crippen molar-refractivity contribution < 1.29 is 9.59 Å². The minimum atomic E-state index is -0.379. The lowest BCUT2D eigenvalue weighted by Gasteiger charge is -2.20. The predicted molar refractivity (Wildman–Crippen MR) is 119 cm³/mol. The maximum absolute atomic E-state index is 12.7. The highest BCUT2D eigenvalue weighted by Crippen LogP contribution is 2.21. The van der Waals surface area contributed by atoms with Crippen LogP contribution in [-0.4, -0.2) is 51.1 Å². The second-order valence-electron chi connectivity index (χ2n) is 7.67. The van der Waals surface area contributed by atoms with E-state index >= 15 is 0 Å². The van der Waals surface area contributed by atoms with Gasteiger partial charge in [-0.15, -0.1) is 5.10 Å². The Kier molecular flexibility index (Phi) is 6.72. The van der Waals surface area contributed by atoms with Crippen LogP contribution in [0, 0.1) is 0 Å². The van der Waals surface area contributed by atoms with Gasteiger partial charge in [-0.3, -0.25) is 9.59 Å². The average Bonchev–Trinajstić information content (AvgIpc) is 3.08. The molecule has 7 nitrogen and oxygen atoms in total. The number of rotatable bonds is 6. The topological polar surface area (TPSA) is 80.1 Å². The number of nitrogens with zero attached hydrogens (tertiary/aromatic N) is 4. The second-order valence-corrected chi connectivity index (χ2v) is 7.67. The Morgan fingerprint density at radius 3 is 2.19 bits per heavy atom. The number of likely N-dealkylation sites (tertiary alicyclic amines) is 1. The van der Waals surface area contributed by atoms with E-state index in [0.717, 1.165) is 37.2 Å². The fourth-order valence-electron chi connectivity index (χ4n) is 3.77. The predicted octanol–water partition coefficient (Wildman–Crippen LogP) is 3.46. The van der Waals surface area contributed by atoms with Crippen LogP contribution in [0.2, 0.25) is 0 Å². The third-order valence-electron chi connectivity index (χ3n) is 5.43. The van der Waals surface area contributed by atoms with Crippen LogP contribution in [-0.2, 0) is 4.79 Å². The summed E-state index contributed by atoms with van der Waals surface area (Å²) >= 11 is 0. The van der Waals surface area contributed by atoms with Gasteiger partial charge in [-0.1, -0.05) is 61.4 Å². The quantitative estimate of drug-likeness (QED) is 0.666. The standard InChI is InChI=1S/C24H27N5O2/c30-21(28-17-9-1-2-10-18-28)15-16-25-24(31)22-26-23(19-11-5-3-6-12-19)29(27-22)20-13-7-4-8-14-20/h3-8,11-14H,1-2,9-10,15-18H2,(H,25,31). The maximum atomic E-state index is 12.7. The second kappa shape index (κ2) is 10.0. The van der Waals surface area contributed by atoms with E-state index in [1.165, 1.54) is 12.8 Å². The average molecular weight is 418 g/mol. The fraction of sp³-hybridized carbons (Fsp3) is 0.333. The van der Waals surface area contributed by atoms with Crippen molar-refractivity contribution in [1.29, 1.82) is 0 Å². The van der Waals surface area contributed by atoms with Crippen LogP contribution in [0.1, 0.15) is 42.7 Å². The van der Waals surface area contributed by atoms with Gasteiger partial charge in [0.25, 0.3) is 5.91 Å². The first-order valence-electron chi connectivity index (χ1n) is 10.9. The monoisotopic (exact) mass is 417 g/mol. The van der Waals surface area contributed by atoms with Gasteiger partial charge >= 0.3 is 0 Å². The highest BCUT2D eigenvalue weighted by Gasteiger charge is 2.20.